The third kappa shape index (κ3) is 3.13. The zero-order chi connectivity index (χ0) is 14.8. The highest BCUT2D eigenvalue weighted by atomic mass is 35.5. The molecule has 2 heterocycles. The third-order valence-corrected chi connectivity index (χ3v) is 2.40. The van der Waals surface area contributed by atoms with E-state index in [1.807, 2.05) is 0 Å². The fourth-order valence-corrected chi connectivity index (χ4v) is 1.62. The molecule has 0 aliphatic rings. The van der Waals surface area contributed by atoms with Crippen molar-refractivity contribution in [3.05, 3.63) is 29.3 Å². The second kappa shape index (κ2) is 5.58. The highest BCUT2D eigenvalue weighted by Crippen LogP contribution is 2.35. The van der Waals surface area contributed by atoms with E-state index in [4.69, 9.17) is 16.3 Å². The SMILES string of the molecule is CCOc1nc(Cl)nc(-c2cnccc2C(F)(F)F)n1. The van der Waals surface area contributed by atoms with Crippen molar-refractivity contribution in [2.45, 2.75) is 13.1 Å². The molecule has 0 N–H and O–H groups in total. The molecule has 0 unspecified atom stereocenters. The maximum absolute atomic E-state index is 12.9. The van der Waals surface area contributed by atoms with Crippen molar-refractivity contribution in [3.63, 3.8) is 0 Å². The van der Waals surface area contributed by atoms with E-state index in [2.05, 4.69) is 19.9 Å². The van der Waals surface area contributed by atoms with E-state index in [1.54, 1.807) is 6.92 Å². The van der Waals surface area contributed by atoms with Crippen LogP contribution in [0.3, 0.4) is 0 Å². The minimum absolute atomic E-state index is 0.139. The van der Waals surface area contributed by atoms with Gasteiger partial charge < -0.3 is 4.74 Å². The Labute approximate surface area is 116 Å². The Morgan fingerprint density at radius 1 is 1.25 bits per heavy atom. The predicted molar refractivity (Wildman–Crippen MR) is 64.2 cm³/mol. The van der Waals surface area contributed by atoms with Gasteiger partial charge in [0.05, 0.1) is 17.7 Å². The Hall–Kier alpha value is -1.96. The second-order valence-corrected chi connectivity index (χ2v) is 3.90. The van der Waals surface area contributed by atoms with Crippen molar-refractivity contribution in [2.24, 2.45) is 0 Å². The van der Waals surface area contributed by atoms with Crippen molar-refractivity contribution in [2.75, 3.05) is 6.61 Å². The number of aromatic nitrogens is 4. The number of rotatable bonds is 3. The summed E-state index contributed by atoms with van der Waals surface area (Å²) < 4.78 is 43.8. The highest BCUT2D eigenvalue weighted by Gasteiger charge is 2.34. The van der Waals surface area contributed by atoms with Gasteiger partial charge in [-0.25, -0.2) is 0 Å². The number of halogens is 4. The summed E-state index contributed by atoms with van der Waals surface area (Å²) in [5.41, 5.74) is -1.19. The minimum atomic E-state index is -4.55. The summed E-state index contributed by atoms with van der Waals surface area (Å²) in [6.45, 7) is 1.93. The molecular weight excluding hydrogens is 297 g/mol. The Morgan fingerprint density at radius 3 is 2.65 bits per heavy atom. The van der Waals surface area contributed by atoms with Crippen LogP contribution in [0.15, 0.2) is 18.5 Å². The van der Waals surface area contributed by atoms with Gasteiger partial charge in [0.25, 0.3) is 0 Å². The molecule has 0 saturated carbocycles. The third-order valence-electron chi connectivity index (χ3n) is 2.23. The van der Waals surface area contributed by atoms with Crippen LogP contribution in [0.1, 0.15) is 12.5 Å². The molecule has 0 aromatic carbocycles. The maximum atomic E-state index is 12.9. The van der Waals surface area contributed by atoms with Crippen LogP contribution in [0, 0.1) is 0 Å². The molecule has 0 atom stereocenters. The van der Waals surface area contributed by atoms with Crippen molar-refractivity contribution in [1.82, 2.24) is 19.9 Å². The molecule has 20 heavy (non-hydrogen) atoms. The van der Waals surface area contributed by atoms with Gasteiger partial charge >= 0.3 is 12.2 Å². The number of nitrogens with zero attached hydrogens (tertiary/aromatic N) is 4. The van der Waals surface area contributed by atoms with Crippen LogP contribution in [-0.2, 0) is 6.18 Å². The molecule has 2 aromatic rings. The van der Waals surface area contributed by atoms with Gasteiger partial charge in [0.15, 0.2) is 5.82 Å². The molecule has 0 aliphatic heterocycles. The second-order valence-electron chi connectivity index (χ2n) is 3.56. The Morgan fingerprint density at radius 2 is 2.00 bits per heavy atom. The first kappa shape index (κ1) is 14.4. The van der Waals surface area contributed by atoms with E-state index in [-0.39, 0.29) is 29.3 Å². The molecule has 106 valence electrons. The van der Waals surface area contributed by atoms with Crippen LogP contribution >= 0.6 is 11.6 Å². The van der Waals surface area contributed by atoms with Crippen molar-refractivity contribution in [3.8, 4) is 17.4 Å². The highest BCUT2D eigenvalue weighted by molar-refractivity contribution is 6.28. The zero-order valence-electron chi connectivity index (χ0n) is 10.1. The average Bonchev–Trinajstić information content (AvgIpc) is 2.37. The van der Waals surface area contributed by atoms with E-state index < -0.39 is 11.7 Å². The molecule has 9 heteroatoms. The van der Waals surface area contributed by atoms with Crippen LogP contribution in [0.25, 0.3) is 11.4 Å². The number of hydrogen-bond acceptors (Lipinski definition) is 5. The number of alkyl halides is 3. The largest absolute Gasteiger partial charge is 0.464 e. The lowest BCUT2D eigenvalue weighted by molar-refractivity contribution is -0.137. The number of pyridine rings is 1. The van der Waals surface area contributed by atoms with Crippen LogP contribution in [-0.4, -0.2) is 26.5 Å². The fraction of sp³-hybridized carbons (Fsp3) is 0.273. The first-order valence-electron chi connectivity index (χ1n) is 5.47. The number of ether oxygens (including phenoxy) is 1. The minimum Gasteiger partial charge on any atom is -0.464 e. The van der Waals surface area contributed by atoms with Crippen molar-refractivity contribution < 1.29 is 17.9 Å². The van der Waals surface area contributed by atoms with E-state index in [0.717, 1.165) is 18.5 Å². The predicted octanol–water partition coefficient (Wildman–Crippen LogP) is 3.00. The monoisotopic (exact) mass is 304 g/mol. The van der Waals surface area contributed by atoms with Gasteiger partial charge in [-0.15, -0.1) is 0 Å². The topological polar surface area (TPSA) is 60.8 Å². The Bertz CT molecular complexity index is 621. The Balaban J connectivity index is 2.57. The molecule has 0 radical (unpaired) electrons. The number of hydrogen-bond donors (Lipinski definition) is 0. The van der Waals surface area contributed by atoms with Crippen LogP contribution in [0.5, 0.6) is 6.01 Å². The molecule has 2 aromatic heterocycles. The molecule has 0 bridgehead atoms. The lowest BCUT2D eigenvalue weighted by Gasteiger charge is -2.11. The summed E-state index contributed by atoms with van der Waals surface area (Å²) in [6.07, 6.45) is -2.49. The van der Waals surface area contributed by atoms with Gasteiger partial charge in [-0.3, -0.25) is 4.98 Å². The quantitative estimate of drug-likeness (QED) is 0.872. The summed E-state index contributed by atoms with van der Waals surface area (Å²) >= 11 is 5.66. The first-order valence-corrected chi connectivity index (χ1v) is 5.85. The smallest absolute Gasteiger partial charge is 0.417 e. The molecule has 0 fully saturated rings. The normalized spacial score (nSPS) is 11.4. The summed E-state index contributed by atoms with van der Waals surface area (Å²) in [6, 6.07) is 0.701. The summed E-state index contributed by atoms with van der Waals surface area (Å²) in [7, 11) is 0. The van der Waals surface area contributed by atoms with Gasteiger partial charge in [-0.05, 0) is 24.6 Å². The van der Waals surface area contributed by atoms with E-state index in [1.165, 1.54) is 0 Å². The van der Waals surface area contributed by atoms with Gasteiger partial charge in [0, 0.05) is 12.4 Å². The fourth-order valence-electron chi connectivity index (χ4n) is 1.47. The average molecular weight is 305 g/mol. The van der Waals surface area contributed by atoms with Crippen LogP contribution in [0.2, 0.25) is 5.28 Å². The zero-order valence-corrected chi connectivity index (χ0v) is 10.9. The molecule has 0 saturated heterocycles. The summed E-state index contributed by atoms with van der Waals surface area (Å²) in [5.74, 6) is -0.242. The van der Waals surface area contributed by atoms with Crippen molar-refractivity contribution >= 4 is 11.6 Å². The van der Waals surface area contributed by atoms with E-state index in [0.29, 0.717) is 0 Å². The maximum Gasteiger partial charge on any atom is 0.417 e. The lowest BCUT2D eigenvalue weighted by atomic mass is 10.1. The lowest BCUT2D eigenvalue weighted by Crippen LogP contribution is -2.09. The van der Waals surface area contributed by atoms with Crippen molar-refractivity contribution in [1.29, 1.82) is 0 Å². The molecule has 0 amide bonds. The van der Waals surface area contributed by atoms with Gasteiger partial charge in [0.1, 0.15) is 0 Å². The molecular formula is C11H8ClF3N4O. The van der Waals surface area contributed by atoms with Gasteiger partial charge in [-0.2, -0.15) is 28.1 Å². The Kier molecular flexibility index (Phi) is 4.03. The van der Waals surface area contributed by atoms with Crippen LogP contribution in [0.4, 0.5) is 13.2 Å². The molecule has 5 nitrogen and oxygen atoms in total. The molecule has 2 rings (SSSR count). The first-order chi connectivity index (χ1) is 9.41. The standard InChI is InChI=1S/C11H8ClF3N4O/c1-2-20-10-18-8(17-9(12)19-10)6-5-16-4-3-7(6)11(13,14)15/h3-5H,2H2,1H3. The van der Waals surface area contributed by atoms with Crippen LogP contribution < -0.4 is 4.74 Å². The van der Waals surface area contributed by atoms with E-state index in [9.17, 15) is 13.2 Å². The van der Waals surface area contributed by atoms with Gasteiger partial charge in [-0.1, -0.05) is 0 Å². The molecule has 0 aliphatic carbocycles. The molecule has 0 spiro atoms. The summed E-state index contributed by atoms with van der Waals surface area (Å²) in [5, 5.41) is -0.254. The van der Waals surface area contributed by atoms with Gasteiger partial charge in [0.2, 0.25) is 5.28 Å². The summed E-state index contributed by atoms with van der Waals surface area (Å²) in [4.78, 5) is 14.8. The van der Waals surface area contributed by atoms with E-state index >= 15 is 0 Å².